The van der Waals surface area contributed by atoms with Crippen molar-refractivity contribution >= 4 is 22.2 Å². The van der Waals surface area contributed by atoms with Crippen molar-refractivity contribution in [2.24, 2.45) is 0 Å². The summed E-state index contributed by atoms with van der Waals surface area (Å²) in [6.07, 6.45) is 0.826. The molecule has 0 spiro atoms. The van der Waals surface area contributed by atoms with E-state index in [0.717, 1.165) is 35.3 Å². The van der Waals surface area contributed by atoms with E-state index >= 15 is 0 Å². The third-order valence-corrected chi connectivity index (χ3v) is 6.50. The van der Waals surface area contributed by atoms with E-state index in [0.29, 0.717) is 6.54 Å². The van der Waals surface area contributed by atoms with Crippen molar-refractivity contribution < 1.29 is 0 Å². The van der Waals surface area contributed by atoms with Crippen LogP contribution in [0.3, 0.4) is 0 Å². The van der Waals surface area contributed by atoms with Gasteiger partial charge in [0.1, 0.15) is 0 Å². The van der Waals surface area contributed by atoms with Crippen LogP contribution in [0.1, 0.15) is 62.0 Å². The fourth-order valence-corrected chi connectivity index (χ4v) is 4.80. The molecule has 0 saturated carbocycles. The first-order chi connectivity index (χ1) is 15.3. The quantitative estimate of drug-likeness (QED) is 0.438. The molecule has 0 saturated heterocycles. The lowest BCUT2D eigenvalue weighted by molar-refractivity contribution is 0.155. The van der Waals surface area contributed by atoms with Crippen LogP contribution in [0, 0.1) is 6.92 Å². The van der Waals surface area contributed by atoms with Crippen molar-refractivity contribution in [1.82, 2.24) is 30.1 Å². The van der Waals surface area contributed by atoms with E-state index in [1.165, 1.54) is 10.4 Å². The highest BCUT2D eigenvalue weighted by Crippen LogP contribution is 2.29. The van der Waals surface area contributed by atoms with Crippen LogP contribution in [0.2, 0.25) is 0 Å². The molecule has 168 valence electrons. The van der Waals surface area contributed by atoms with Gasteiger partial charge in [-0.2, -0.15) is 0 Å². The lowest BCUT2D eigenvalue weighted by Gasteiger charge is -2.32. The number of aromatic amines is 1. The molecular weight excluding hydrogens is 420 g/mol. The zero-order valence-corrected chi connectivity index (χ0v) is 20.1. The molecule has 3 aromatic heterocycles. The van der Waals surface area contributed by atoms with Crippen LogP contribution >= 0.6 is 11.3 Å². The summed E-state index contributed by atoms with van der Waals surface area (Å²) < 4.78 is 1.90. The topological polar surface area (TPSA) is 79.7 Å². The zero-order chi connectivity index (χ0) is 22.9. The van der Waals surface area contributed by atoms with Gasteiger partial charge in [0.15, 0.2) is 5.82 Å². The second-order valence-corrected chi connectivity index (χ2v) is 10.3. The van der Waals surface area contributed by atoms with Gasteiger partial charge in [-0.3, -0.25) is 9.69 Å². The Balaban J connectivity index is 1.76. The van der Waals surface area contributed by atoms with E-state index in [9.17, 15) is 4.79 Å². The molecule has 3 heterocycles. The maximum absolute atomic E-state index is 13.0. The summed E-state index contributed by atoms with van der Waals surface area (Å²) >= 11 is 1.72. The van der Waals surface area contributed by atoms with Gasteiger partial charge in [-0.25, -0.2) is 4.68 Å². The summed E-state index contributed by atoms with van der Waals surface area (Å²) in [6, 6.07) is 12.3. The number of tetrazole rings is 1. The molecular formula is C24H30N6OS. The number of rotatable bonds is 7. The molecule has 0 amide bonds. The molecule has 0 bridgehead atoms. The van der Waals surface area contributed by atoms with Crippen molar-refractivity contribution in [3.05, 3.63) is 74.0 Å². The van der Waals surface area contributed by atoms with Crippen molar-refractivity contribution in [1.29, 1.82) is 0 Å². The summed E-state index contributed by atoms with van der Waals surface area (Å²) in [7, 11) is 0. The number of aromatic nitrogens is 5. The van der Waals surface area contributed by atoms with Crippen LogP contribution in [-0.2, 0) is 18.6 Å². The van der Waals surface area contributed by atoms with Crippen molar-refractivity contribution in [2.75, 3.05) is 0 Å². The van der Waals surface area contributed by atoms with Gasteiger partial charge in [0.05, 0.1) is 11.6 Å². The molecule has 1 aromatic carbocycles. The average Bonchev–Trinajstić information content (AvgIpc) is 3.41. The Kier molecular flexibility index (Phi) is 6.26. The van der Waals surface area contributed by atoms with Gasteiger partial charge in [0.2, 0.25) is 0 Å². The van der Waals surface area contributed by atoms with Gasteiger partial charge in [-0.15, -0.1) is 16.4 Å². The summed E-state index contributed by atoms with van der Waals surface area (Å²) in [5.74, 6) is 0.824. The van der Waals surface area contributed by atoms with Crippen LogP contribution in [0.5, 0.6) is 0 Å². The molecule has 7 nitrogen and oxygen atoms in total. The number of hydrogen-bond acceptors (Lipinski definition) is 6. The largest absolute Gasteiger partial charge is 0.322 e. The van der Waals surface area contributed by atoms with Crippen molar-refractivity contribution in [2.45, 2.75) is 65.7 Å². The van der Waals surface area contributed by atoms with Gasteiger partial charge in [-0.1, -0.05) is 24.6 Å². The highest BCUT2D eigenvalue weighted by molar-refractivity contribution is 7.09. The van der Waals surface area contributed by atoms with Crippen LogP contribution < -0.4 is 5.56 Å². The normalized spacial score (nSPS) is 13.2. The number of hydrogen-bond donors (Lipinski definition) is 1. The van der Waals surface area contributed by atoms with Crippen LogP contribution in [-0.4, -0.2) is 30.1 Å². The summed E-state index contributed by atoms with van der Waals surface area (Å²) in [5, 5.41) is 15.8. The molecule has 4 aromatic rings. The van der Waals surface area contributed by atoms with E-state index in [-0.39, 0.29) is 17.1 Å². The molecule has 1 atom stereocenters. The molecule has 0 fully saturated rings. The van der Waals surface area contributed by atoms with Crippen molar-refractivity contribution in [3.63, 3.8) is 0 Å². The summed E-state index contributed by atoms with van der Waals surface area (Å²) in [4.78, 5) is 19.6. The Morgan fingerprint density at radius 3 is 2.69 bits per heavy atom. The Morgan fingerprint density at radius 1 is 1.19 bits per heavy atom. The first-order valence-electron chi connectivity index (χ1n) is 10.9. The maximum Gasteiger partial charge on any atom is 0.252 e. The zero-order valence-electron chi connectivity index (χ0n) is 19.3. The van der Waals surface area contributed by atoms with Crippen LogP contribution in [0.4, 0.5) is 0 Å². The van der Waals surface area contributed by atoms with Gasteiger partial charge in [-0.05, 0) is 79.6 Å². The molecule has 8 heteroatoms. The van der Waals surface area contributed by atoms with E-state index in [1.807, 2.05) is 22.9 Å². The van der Waals surface area contributed by atoms with Crippen molar-refractivity contribution in [3.8, 4) is 0 Å². The number of benzene rings is 1. The minimum absolute atomic E-state index is 0.0288. The van der Waals surface area contributed by atoms with Gasteiger partial charge in [0, 0.05) is 29.0 Å². The Labute approximate surface area is 192 Å². The number of H-pyrrole nitrogens is 1. The van der Waals surface area contributed by atoms with Crippen LogP contribution in [0.15, 0.2) is 46.6 Å². The number of pyridine rings is 1. The molecule has 0 radical (unpaired) electrons. The standard InChI is InChI=1S/C24H30N6OS/c1-6-21(22-26-27-28-30(22)24(3,4)5)29(15-19-8-7-11-32-19)14-18-13-17-12-16(2)9-10-20(17)25-23(18)31/h7-13,21H,6,14-15H2,1-5H3,(H,25,31). The SMILES string of the molecule is CCC(c1nnnn1C(C)(C)C)N(Cc1cccs1)Cc1cc2cc(C)ccc2[nH]c1=O. The smallest absolute Gasteiger partial charge is 0.252 e. The van der Waals surface area contributed by atoms with Gasteiger partial charge < -0.3 is 4.98 Å². The predicted molar refractivity (Wildman–Crippen MR) is 129 cm³/mol. The highest BCUT2D eigenvalue weighted by Gasteiger charge is 2.29. The Hall–Kier alpha value is -2.84. The second-order valence-electron chi connectivity index (χ2n) is 9.24. The molecule has 4 rings (SSSR count). The number of fused-ring (bicyclic) bond motifs is 1. The lowest BCUT2D eigenvalue weighted by atomic mass is 10.1. The first-order valence-corrected chi connectivity index (χ1v) is 11.8. The Bertz CT molecular complexity index is 1250. The molecule has 1 N–H and O–H groups in total. The summed E-state index contributed by atoms with van der Waals surface area (Å²) in [5.41, 5.74) is 2.48. The maximum atomic E-state index is 13.0. The number of nitrogens with one attached hydrogen (secondary N) is 1. The highest BCUT2D eigenvalue weighted by atomic mass is 32.1. The third-order valence-electron chi connectivity index (χ3n) is 5.64. The van der Waals surface area contributed by atoms with Crippen LogP contribution in [0.25, 0.3) is 10.9 Å². The minimum atomic E-state index is -0.237. The molecule has 0 aliphatic rings. The van der Waals surface area contributed by atoms with E-state index in [4.69, 9.17) is 0 Å². The minimum Gasteiger partial charge on any atom is -0.322 e. The van der Waals surface area contributed by atoms with Gasteiger partial charge in [0.25, 0.3) is 5.56 Å². The number of nitrogens with zero attached hydrogens (tertiary/aromatic N) is 5. The lowest BCUT2D eigenvalue weighted by Crippen LogP contribution is -2.35. The first kappa shape index (κ1) is 22.4. The van der Waals surface area contributed by atoms with Gasteiger partial charge >= 0.3 is 0 Å². The van der Waals surface area contributed by atoms with E-state index in [1.54, 1.807) is 11.3 Å². The second kappa shape index (κ2) is 8.96. The van der Waals surface area contributed by atoms with E-state index < -0.39 is 0 Å². The third kappa shape index (κ3) is 4.66. The fourth-order valence-electron chi connectivity index (χ4n) is 4.07. The molecule has 32 heavy (non-hydrogen) atoms. The monoisotopic (exact) mass is 450 g/mol. The number of aryl methyl sites for hydroxylation is 1. The fraction of sp³-hybridized carbons (Fsp3) is 0.417. The van der Waals surface area contributed by atoms with E-state index in [2.05, 4.69) is 83.6 Å². The molecule has 0 aliphatic heterocycles. The number of thiophene rings is 1. The Morgan fingerprint density at radius 2 is 2.00 bits per heavy atom. The summed E-state index contributed by atoms with van der Waals surface area (Å²) in [6.45, 7) is 11.7. The molecule has 1 unspecified atom stereocenters. The predicted octanol–water partition coefficient (Wildman–Crippen LogP) is 4.79. The molecule has 0 aliphatic carbocycles. The average molecular weight is 451 g/mol.